The Morgan fingerprint density at radius 1 is 1.11 bits per heavy atom. The third-order valence-corrected chi connectivity index (χ3v) is 6.11. The first-order valence-corrected chi connectivity index (χ1v) is 10.3. The van der Waals surface area contributed by atoms with Crippen LogP contribution in [0.3, 0.4) is 0 Å². The van der Waals surface area contributed by atoms with Gasteiger partial charge in [-0.1, -0.05) is 18.2 Å². The summed E-state index contributed by atoms with van der Waals surface area (Å²) in [5, 5.41) is 9.07. The van der Waals surface area contributed by atoms with E-state index >= 15 is 0 Å². The summed E-state index contributed by atoms with van der Waals surface area (Å²) < 4.78 is 7.59. The fourth-order valence-corrected chi connectivity index (χ4v) is 4.33. The molecule has 0 unspecified atom stereocenters. The van der Waals surface area contributed by atoms with Crippen molar-refractivity contribution in [2.75, 3.05) is 44.8 Å². The van der Waals surface area contributed by atoms with Crippen LogP contribution in [0.25, 0.3) is 0 Å². The lowest BCUT2D eigenvalue weighted by Crippen LogP contribution is -2.46. The van der Waals surface area contributed by atoms with Crippen molar-refractivity contribution < 1.29 is 4.74 Å². The summed E-state index contributed by atoms with van der Waals surface area (Å²) in [5.41, 5.74) is 8.69. The van der Waals surface area contributed by atoms with Gasteiger partial charge in [0.25, 0.3) is 0 Å². The molecular weight excluding hydrogens is 352 g/mol. The molecule has 1 aliphatic heterocycles. The number of aromatic nitrogens is 3. The highest BCUT2D eigenvalue weighted by molar-refractivity contribution is 5.53. The lowest BCUT2D eigenvalue weighted by molar-refractivity contribution is 0.179. The zero-order valence-corrected chi connectivity index (χ0v) is 17.0. The van der Waals surface area contributed by atoms with Gasteiger partial charge in [-0.25, -0.2) is 0 Å². The van der Waals surface area contributed by atoms with E-state index in [0.717, 1.165) is 63.8 Å². The Hall–Kier alpha value is -1.96. The van der Waals surface area contributed by atoms with E-state index in [-0.39, 0.29) is 0 Å². The second-order valence-corrected chi connectivity index (χ2v) is 8.10. The maximum Gasteiger partial charge on any atom is 0.147 e. The largest absolute Gasteiger partial charge is 0.383 e. The molecule has 7 nitrogen and oxygen atoms in total. The predicted octanol–water partition coefficient (Wildman–Crippen LogP) is 1.76. The van der Waals surface area contributed by atoms with E-state index in [1.54, 1.807) is 7.11 Å². The predicted molar refractivity (Wildman–Crippen MR) is 111 cm³/mol. The molecule has 2 aromatic rings. The monoisotopic (exact) mass is 384 g/mol. The summed E-state index contributed by atoms with van der Waals surface area (Å²) in [6.07, 6.45) is 2.03. The number of methoxy groups -OCH3 is 1. The van der Waals surface area contributed by atoms with Gasteiger partial charge in [-0.05, 0) is 31.4 Å². The van der Waals surface area contributed by atoms with Crippen LogP contribution in [0.2, 0.25) is 0 Å². The van der Waals surface area contributed by atoms with Crippen LogP contribution in [0.5, 0.6) is 0 Å². The van der Waals surface area contributed by atoms with Gasteiger partial charge in [-0.15, -0.1) is 10.2 Å². The summed E-state index contributed by atoms with van der Waals surface area (Å²) in [6, 6.07) is 8.96. The number of ether oxygens (including phenoxy) is 1. The Labute approximate surface area is 167 Å². The molecule has 1 saturated heterocycles. The summed E-state index contributed by atoms with van der Waals surface area (Å²) in [6.45, 7) is 8.68. The van der Waals surface area contributed by atoms with Crippen molar-refractivity contribution in [2.24, 2.45) is 5.73 Å². The minimum absolute atomic E-state index is 0.315. The number of benzene rings is 1. The third kappa shape index (κ3) is 4.06. The topological polar surface area (TPSA) is 72.4 Å². The van der Waals surface area contributed by atoms with Gasteiger partial charge in [0.1, 0.15) is 11.6 Å². The van der Waals surface area contributed by atoms with Crippen LogP contribution in [0.1, 0.15) is 36.0 Å². The van der Waals surface area contributed by atoms with E-state index in [4.69, 9.17) is 10.5 Å². The average molecular weight is 385 g/mol. The SMILES string of the molecule is COCCn1c(CN2CCN(c3ccccc3C)CC2)nnc1C1CC(N)C1. The number of aryl methyl sites for hydroxylation is 1. The van der Waals surface area contributed by atoms with Gasteiger partial charge >= 0.3 is 0 Å². The quantitative estimate of drug-likeness (QED) is 0.784. The molecule has 1 saturated carbocycles. The number of rotatable bonds is 7. The van der Waals surface area contributed by atoms with Crippen molar-refractivity contribution in [1.29, 1.82) is 0 Å². The molecule has 0 bridgehead atoms. The van der Waals surface area contributed by atoms with Crippen LogP contribution in [0, 0.1) is 6.92 Å². The van der Waals surface area contributed by atoms with Crippen molar-refractivity contribution in [3.8, 4) is 0 Å². The van der Waals surface area contributed by atoms with Gasteiger partial charge in [0.15, 0.2) is 0 Å². The first-order valence-electron chi connectivity index (χ1n) is 10.3. The lowest BCUT2D eigenvalue weighted by Gasteiger charge is -2.36. The first kappa shape index (κ1) is 19.4. The van der Waals surface area contributed by atoms with Crippen LogP contribution in [0.15, 0.2) is 24.3 Å². The Bertz CT molecular complexity index is 777. The molecule has 28 heavy (non-hydrogen) atoms. The molecule has 0 spiro atoms. The fraction of sp³-hybridized carbons (Fsp3) is 0.619. The molecule has 1 aromatic carbocycles. The molecule has 0 amide bonds. The first-order chi connectivity index (χ1) is 13.7. The maximum absolute atomic E-state index is 5.99. The number of anilines is 1. The summed E-state index contributed by atoms with van der Waals surface area (Å²) >= 11 is 0. The molecule has 4 rings (SSSR count). The highest BCUT2D eigenvalue weighted by atomic mass is 16.5. The lowest BCUT2D eigenvalue weighted by atomic mass is 9.80. The Balaban J connectivity index is 1.40. The zero-order chi connectivity index (χ0) is 19.5. The normalized spacial score (nSPS) is 23.0. The van der Waals surface area contributed by atoms with Gasteiger partial charge in [-0.3, -0.25) is 4.90 Å². The molecule has 2 N–H and O–H groups in total. The summed E-state index contributed by atoms with van der Waals surface area (Å²) in [7, 11) is 1.74. The van der Waals surface area contributed by atoms with E-state index in [9.17, 15) is 0 Å². The molecule has 2 fully saturated rings. The molecule has 0 radical (unpaired) electrons. The van der Waals surface area contributed by atoms with Crippen molar-refractivity contribution in [1.82, 2.24) is 19.7 Å². The van der Waals surface area contributed by atoms with Crippen molar-refractivity contribution in [3.63, 3.8) is 0 Å². The minimum Gasteiger partial charge on any atom is -0.383 e. The number of para-hydroxylation sites is 1. The summed E-state index contributed by atoms with van der Waals surface area (Å²) in [5.74, 6) is 2.59. The van der Waals surface area contributed by atoms with Gasteiger partial charge in [0.05, 0.1) is 13.2 Å². The molecule has 1 aliphatic carbocycles. The maximum atomic E-state index is 5.99. The van der Waals surface area contributed by atoms with Crippen molar-refractivity contribution in [3.05, 3.63) is 41.5 Å². The van der Waals surface area contributed by atoms with E-state index in [0.29, 0.717) is 18.6 Å². The van der Waals surface area contributed by atoms with E-state index in [2.05, 4.69) is 55.8 Å². The van der Waals surface area contributed by atoms with Gasteiger partial charge in [0.2, 0.25) is 0 Å². The van der Waals surface area contributed by atoms with Crippen LogP contribution in [0.4, 0.5) is 5.69 Å². The number of nitrogens with zero attached hydrogens (tertiary/aromatic N) is 5. The van der Waals surface area contributed by atoms with Crippen molar-refractivity contribution in [2.45, 2.75) is 44.8 Å². The van der Waals surface area contributed by atoms with E-state index in [1.165, 1.54) is 11.3 Å². The number of piperazine rings is 1. The molecule has 2 heterocycles. The van der Waals surface area contributed by atoms with E-state index in [1.807, 2.05) is 0 Å². The molecule has 152 valence electrons. The highest BCUT2D eigenvalue weighted by Crippen LogP contribution is 2.35. The fourth-order valence-electron chi connectivity index (χ4n) is 4.33. The van der Waals surface area contributed by atoms with Gasteiger partial charge in [0, 0.05) is 57.5 Å². The van der Waals surface area contributed by atoms with Gasteiger partial charge < -0.3 is 19.9 Å². The average Bonchev–Trinajstić information content (AvgIpc) is 3.07. The minimum atomic E-state index is 0.315. The zero-order valence-electron chi connectivity index (χ0n) is 17.0. The summed E-state index contributed by atoms with van der Waals surface area (Å²) in [4.78, 5) is 4.97. The standard InChI is InChI=1S/C21H32N6O/c1-16-5-3-4-6-19(16)26-9-7-25(8-10-26)15-20-23-24-21(17-13-18(22)14-17)27(20)11-12-28-2/h3-6,17-18H,7-15,22H2,1-2H3. The van der Waals surface area contributed by atoms with Gasteiger partial charge in [-0.2, -0.15) is 0 Å². The Morgan fingerprint density at radius 3 is 2.54 bits per heavy atom. The number of hydrogen-bond donors (Lipinski definition) is 1. The van der Waals surface area contributed by atoms with Crippen LogP contribution in [-0.4, -0.2) is 65.6 Å². The van der Waals surface area contributed by atoms with Crippen LogP contribution < -0.4 is 10.6 Å². The molecule has 7 heteroatoms. The molecule has 0 atom stereocenters. The Morgan fingerprint density at radius 2 is 1.86 bits per heavy atom. The highest BCUT2D eigenvalue weighted by Gasteiger charge is 2.32. The molecule has 2 aliphatic rings. The third-order valence-electron chi connectivity index (χ3n) is 6.11. The second kappa shape index (κ2) is 8.59. The van der Waals surface area contributed by atoms with Crippen LogP contribution >= 0.6 is 0 Å². The number of nitrogens with two attached hydrogens (primary N) is 1. The van der Waals surface area contributed by atoms with Crippen molar-refractivity contribution >= 4 is 5.69 Å². The molecular formula is C21H32N6O. The number of hydrogen-bond acceptors (Lipinski definition) is 6. The van der Waals surface area contributed by atoms with Crippen LogP contribution in [-0.2, 0) is 17.8 Å². The van der Waals surface area contributed by atoms with E-state index < -0.39 is 0 Å². The smallest absolute Gasteiger partial charge is 0.147 e. The second-order valence-electron chi connectivity index (χ2n) is 8.10. The Kier molecular flexibility index (Phi) is 5.94. The molecule has 1 aromatic heterocycles.